The summed E-state index contributed by atoms with van der Waals surface area (Å²) in [4.78, 5) is 13.5. The van der Waals surface area contributed by atoms with Gasteiger partial charge in [-0.2, -0.15) is 0 Å². The van der Waals surface area contributed by atoms with Crippen molar-refractivity contribution in [2.24, 2.45) is 0 Å². The number of piperazine rings is 1. The van der Waals surface area contributed by atoms with Crippen molar-refractivity contribution in [2.75, 3.05) is 42.9 Å². The van der Waals surface area contributed by atoms with Crippen LogP contribution in [0.25, 0.3) is 0 Å². The predicted molar refractivity (Wildman–Crippen MR) is 79.7 cm³/mol. The van der Waals surface area contributed by atoms with Crippen LogP contribution in [0.15, 0.2) is 12.4 Å². The molecule has 5 nitrogen and oxygen atoms in total. The van der Waals surface area contributed by atoms with Crippen molar-refractivity contribution in [3.8, 4) is 0 Å². The smallest absolute Gasteiger partial charge is 0.134 e. The highest BCUT2D eigenvalue weighted by Crippen LogP contribution is 2.17. The lowest BCUT2D eigenvalue weighted by molar-refractivity contribution is 0.192. The van der Waals surface area contributed by atoms with Crippen LogP contribution in [-0.2, 0) is 0 Å². The van der Waals surface area contributed by atoms with Crippen LogP contribution in [0.3, 0.4) is 0 Å². The average Bonchev–Trinajstić information content (AvgIpc) is 2.47. The molecule has 0 aliphatic carbocycles. The van der Waals surface area contributed by atoms with E-state index >= 15 is 0 Å². The topological polar surface area (TPSA) is 44.3 Å². The molecule has 1 fully saturated rings. The summed E-state index contributed by atoms with van der Waals surface area (Å²) in [7, 11) is 0. The third kappa shape index (κ3) is 3.56. The van der Waals surface area contributed by atoms with Gasteiger partial charge in [-0.15, -0.1) is 0 Å². The third-order valence-corrected chi connectivity index (χ3v) is 3.86. The largest absolute Gasteiger partial charge is 0.370 e. The van der Waals surface area contributed by atoms with Crippen molar-refractivity contribution in [2.45, 2.75) is 33.2 Å². The van der Waals surface area contributed by atoms with Crippen LogP contribution in [0.2, 0.25) is 0 Å². The molecule has 5 heteroatoms. The average molecular weight is 263 g/mol. The fourth-order valence-electron chi connectivity index (χ4n) is 2.45. The first-order valence-corrected chi connectivity index (χ1v) is 7.29. The lowest BCUT2D eigenvalue weighted by Crippen LogP contribution is -2.49. The number of anilines is 2. The zero-order valence-corrected chi connectivity index (χ0v) is 12.3. The highest BCUT2D eigenvalue weighted by molar-refractivity contribution is 5.48. The van der Waals surface area contributed by atoms with Crippen LogP contribution in [0, 0.1) is 0 Å². The van der Waals surface area contributed by atoms with Gasteiger partial charge in [0.05, 0.1) is 0 Å². The van der Waals surface area contributed by atoms with Crippen molar-refractivity contribution >= 4 is 11.6 Å². The SMILES string of the molecule is CCNc1cc(N2CCN(C(C)CC)CC2)ncn1. The molecule has 1 aromatic heterocycles. The molecule has 1 aliphatic rings. The minimum atomic E-state index is 0.685. The van der Waals surface area contributed by atoms with Gasteiger partial charge in [0.2, 0.25) is 0 Å². The molecule has 0 amide bonds. The number of aromatic nitrogens is 2. The van der Waals surface area contributed by atoms with E-state index in [1.54, 1.807) is 6.33 Å². The van der Waals surface area contributed by atoms with Crippen molar-refractivity contribution in [3.63, 3.8) is 0 Å². The maximum atomic E-state index is 4.39. The van der Waals surface area contributed by atoms with E-state index in [0.717, 1.165) is 44.4 Å². The van der Waals surface area contributed by atoms with Crippen LogP contribution in [-0.4, -0.2) is 53.6 Å². The summed E-state index contributed by atoms with van der Waals surface area (Å²) in [5.74, 6) is 1.95. The molecule has 0 saturated carbocycles. The highest BCUT2D eigenvalue weighted by Gasteiger charge is 2.21. The Hall–Kier alpha value is -1.36. The fourth-order valence-corrected chi connectivity index (χ4v) is 2.45. The van der Waals surface area contributed by atoms with Gasteiger partial charge in [0.1, 0.15) is 18.0 Å². The molecule has 1 unspecified atom stereocenters. The van der Waals surface area contributed by atoms with Crippen LogP contribution >= 0.6 is 0 Å². The molecule has 19 heavy (non-hydrogen) atoms. The van der Waals surface area contributed by atoms with E-state index in [9.17, 15) is 0 Å². The van der Waals surface area contributed by atoms with Crippen molar-refractivity contribution in [3.05, 3.63) is 12.4 Å². The zero-order chi connectivity index (χ0) is 13.7. The van der Waals surface area contributed by atoms with Crippen LogP contribution < -0.4 is 10.2 Å². The second-order valence-electron chi connectivity index (χ2n) is 5.07. The molecule has 2 rings (SSSR count). The number of hydrogen-bond acceptors (Lipinski definition) is 5. The molecule has 1 N–H and O–H groups in total. The second kappa shape index (κ2) is 6.70. The zero-order valence-electron chi connectivity index (χ0n) is 12.3. The maximum Gasteiger partial charge on any atom is 0.134 e. The second-order valence-corrected chi connectivity index (χ2v) is 5.07. The van der Waals surface area contributed by atoms with Gasteiger partial charge < -0.3 is 10.2 Å². The summed E-state index contributed by atoms with van der Waals surface area (Å²) in [6.07, 6.45) is 2.87. The van der Waals surface area contributed by atoms with Gasteiger partial charge in [0.15, 0.2) is 0 Å². The molecule has 0 aromatic carbocycles. The fraction of sp³-hybridized carbons (Fsp3) is 0.714. The van der Waals surface area contributed by atoms with Crippen LogP contribution in [0.4, 0.5) is 11.6 Å². The van der Waals surface area contributed by atoms with E-state index in [4.69, 9.17) is 0 Å². The number of rotatable bonds is 5. The van der Waals surface area contributed by atoms with Gasteiger partial charge in [-0.3, -0.25) is 4.90 Å². The Morgan fingerprint density at radius 1 is 1.21 bits per heavy atom. The summed E-state index contributed by atoms with van der Waals surface area (Å²) in [6.45, 7) is 11.9. The van der Waals surface area contributed by atoms with Gasteiger partial charge in [-0.1, -0.05) is 6.92 Å². The quantitative estimate of drug-likeness (QED) is 0.878. The van der Waals surface area contributed by atoms with Crippen LogP contribution in [0.1, 0.15) is 27.2 Å². The van der Waals surface area contributed by atoms with Gasteiger partial charge in [0, 0.05) is 44.8 Å². The Morgan fingerprint density at radius 2 is 1.95 bits per heavy atom. The van der Waals surface area contributed by atoms with Crippen molar-refractivity contribution < 1.29 is 0 Å². The molecule has 0 radical (unpaired) electrons. The lowest BCUT2D eigenvalue weighted by Gasteiger charge is -2.38. The molecule has 106 valence electrons. The van der Waals surface area contributed by atoms with Gasteiger partial charge >= 0.3 is 0 Å². The molecule has 0 spiro atoms. The Balaban J connectivity index is 1.95. The molecule has 1 atom stereocenters. The molecule has 2 heterocycles. The molecular formula is C14H25N5. The summed E-state index contributed by atoms with van der Waals surface area (Å²) in [6, 6.07) is 2.73. The lowest BCUT2D eigenvalue weighted by atomic mass is 10.2. The van der Waals surface area contributed by atoms with E-state index in [2.05, 4.69) is 45.9 Å². The number of nitrogens with one attached hydrogen (secondary N) is 1. The molecule has 1 aromatic rings. The standard InChI is InChI=1S/C14H25N5/c1-4-12(3)18-6-8-19(9-7-18)14-10-13(15-5-2)16-11-17-14/h10-12H,4-9H2,1-3H3,(H,15,16,17). The normalized spacial score (nSPS) is 18.4. The summed E-state index contributed by atoms with van der Waals surface area (Å²) in [5.41, 5.74) is 0. The Bertz CT molecular complexity index is 387. The first-order chi connectivity index (χ1) is 9.24. The van der Waals surface area contributed by atoms with Crippen LogP contribution in [0.5, 0.6) is 0 Å². The maximum absolute atomic E-state index is 4.39. The predicted octanol–water partition coefficient (Wildman–Crippen LogP) is 1.83. The van der Waals surface area contributed by atoms with E-state index in [-0.39, 0.29) is 0 Å². The van der Waals surface area contributed by atoms with E-state index in [1.165, 1.54) is 6.42 Å². The summed E-state index contributed by atoms with van der Waals surface area (Å²) in [5, 5.41) is 3.23. The molecule has 0 bridgehead atoms. The summed E-state index contributed by atoms with van der Waals surface area (Å²) >= 11 is 0. The van der Waals surface area contributed by atoms with Gasteiger partial charge in [-0.25, -0.2) is 9.97 Å². The highest BCUT2D eigenvalue weighted by atomic mass is 15.3. The van der Waals surface area contributed by atoms with E-state index < -0.39 is 0 Å². The molecular weight excluding hydrogens is 238 g/mol. The Labute approximate surface area is 116 Å². The molecule has 1 saturated heterocycles. The Kier molecular flexibility index (Phi) is 4.96. The van der Waals surface area contributed by atoms with Crippen molar-refractivity contribution in [1.29, 1.82) is 0 Å². The minimum absolute atomic E-state index is 0.685. The summed E-state index contributed by atoms with van der Waals surface area (Å²) < 4.78 is 0. The first-order valence-electron chi connectivity index (χ1n) is 7.29. The van der Waals surface area contributed by atoms with E-state index in [1.807, 2.05) is 6.07 Å². The monoisotopic (exact) mass is 263 g/mol. The number of nitrogens with zero attached hydrogens (tertiary/aromatic N) is 4. The molecule has 1 aliphatic heterocycles. The van der Waals surface area contributed by atoms with E-state index in [0.29, 0.717) is 6.04 Å². The first kappa shape index (κ1) is 14.1. The number of hydrogen-bond donors (Lipinski definition) is 1. The Morgan fingerprint density at radius 3 is 2.58 bits per heavy atom. The van der Waals surface area contributed by atoms with Gasteiger partial charge in [-0.05, 0) is 20.3 Å². The van der Waals surface area contributed by atoms with Gasteiger partial charge in [0.25, 0.3) is 0 Å². The third-order valence-electron chi connectivity index (χ3n) is 3.86. The minimum Gasteiger partial charge on any atom is -0.370 e. The van der Waals surface area contributed by atoms with Crippen molar-refractivity contribution in [1.82, 2.24) is 14.9 Å².